The molecule has 0 unspecified atom stereocenters. The van der Waals surface area contributed by atoms with Crippen molar-refractivity contribution < 1.29 is 9.53 Å². The Morgan fingerprint density at radius 3 is 2.45 bits per heavy atom. The van der Waals surface area contributed by atoms with Crippen molar-refractivity contribution in [3.05, 3.63) is 58.1 Å². The summed E-state index contributed by atoms with van der Waals surface area (Å²) in [5.41, 5.74) is 1.63. The van der Waals surface area contributed by atoms with E-state index < -0.39 is 0 Å². The van der Waals surface area contributed by atoms with Gasteiger partial charge in [-0.2, -0.15) is 0 Å². The van der Waals surface area contributed by atoms with Gasteiger partial charge in [-0.05, 0) is 55.0 Å². The highest BCUT2D eigenvalue weighted by molar-refractivity contribution is 6.31. The van der Waals surface area contributed by atoms with Crippen LogP contribution in [0, 0.1) is 6.92 Å². The van der Waals surface area contributed by atoms with E-state index in [9.17, 15) is 4.79 Å². The molecule has 22 heavy (non-hydrogen) atoms. The minimum absolute atomic E-state index is 0.287. The van der Waals surface area contributed by atoms with Gasteiger partial charge in [-0.25, -0.2) is 4.79 Å². The summed E-state index contributed by atoms with van der Waals surface area (Å²) in [5.74, 6) is 0.708. The maximum Gasteiger partial charge on any atom is 0.319 e. The van der Waals surface area contributed by atoms with Gasteiger partial charge in [-0.1, -0.05) is 23.2 Å². The van der Waals surface area contributed by atoms with Crippen molar-refractivity contribution in [2.75, 3.05) is 18.5 Å². The molecule has 0 saturated heterocycles. The second kappa shape index (κ2) is 7.92. The number of carbonyl (C=O) groups is 1. The first-order valence-electron chi connectivity index (χ1n) is 6.74. The number of carbonyl (C=O) groups excluding carboxylic acids is 1. The van der Waals surface area contributed by atoms with Crippen LogP contribution in [0.5, 0.6) is 5.75 Å². The molecule has 2 N–H and O–H groups in total. The summed E-state index contributed by atoms with van der Waals surface area (Å²) < 4.78 is 5.48. The molecule has 2 rings (SSSR count). The molecular weight excluding hydrogens is 323 g/mol. The van der Waals surface area contributed by atoms with Crippen LogP contribution in [-0.2, 0) is 0 Å². The smallest absolute Gasteiger partial charge is 0.319 e. The van der Waals surface area contributed by atoms with Gasteiger partial charge in [0.2, 0.25) is 0 Å². The van der Waals surface area contributed by atoms with Crippen LogP contribution < -0.4 is 15.4 Å². The van der Waals surface area contributed by atoms with Gasteiger partial charge in [0.15, 0.2) is 0 Å². The number of aryl methyl sites for hydroxylation is 1. The molecule has 0 aliphatic carbocycles. The maximum atomic E-state index is 11.8. The molecule has 4 nitrogen and oxygen atoms in total. The summed E-state index contributed by atoms with van der Waals surface area (Å²) in [6.07, 6.45) is 0. The molecule has 2 amide bonds. The molecule has 0 aliphatic rings. The topological polar surface area (TPSA) is 50.4 Å². The number of amides is 2. The number of hydrogen-bond acceptors (Lipinski definition) is 2. The lowest BCUT2D eigenvalue weighted by Crippen LogP contribution is -2.32. The predicted octanol–water partition coefficient (Wildman–Crippen LogP) is 4.50. The number of nitrogens with one attached hydrogen (secondary N) is 2. The molecule has 0 aliphatic heterocycles. The highest BCUT2D eigenvalue weighted by atomic mass is 35.5. The van der Waals surface area contributed by atoms with Crippen molar-refractivity contribution in [1.29, 1.82) is 0 Å². The van der Waals surface area contributed by atoms with Gasteiger partial charge in [-0.15, -0.1) is 0 Å². The third-order valence-corrected chi connectivity index (χ3v) is 3.39. The first-order chi connectivity index (χ1) is 10.5. The van der Waals surface area contributed by atoms with Gasteiger partial charge in [-0.3, -0.25) is 0 Å². The summed E-state index contributed by atoms with van der Waals surface area (Å²) in [6.45, 7) is 2.64. The average Bonchev–Trinajstić information content (AvgIpc) is 2.48. The van der Waals surface area contributed by atoms with Crippen LogP contribution >= 0.6 is 23.2 Å². The highest BCUT2D eigenvalue weighted by Crippen LogP contribution is 2.19. The molecular formula is C16H16Cl2N2O2. The van der Waals surface area contributed by atoms with Crippen molar-refractivity contribution >= 4 is 34.9 Å². The van der Waals surface area contributed by atoms with Crippen LogP contribution in [-0.4, -0.2) is 19.2 Å². The molecule has 0 radical (unpaired) electrons. The summed E-state index contributed by atoms with van der Waals surface area (Å²) in [7, 11) is 0. The molecule has 0 bridgehead atoms. The fourth-order valence-corrected chi connectivity index (χ4v) is 2.15. The zero-order chi connectivity index (χ0) is 15.9. The SMILES string of the molecule is Cc1cc(Cl)ccc1NC(=O)NCCOc1ccc(Cl)cc1. The fourth-order valence-electron chi connectivity index (χ4n) is 1.80. The first-order valence-corrected chi connectivity index (χ1v) is 7.49. The van der Waals surface area contributed by atoms with E-state index in [1.807, 2.05) is 6.92 Å². The lowest BCUT2D eigenvalue weighted by molar-refractivity contribution is 0.247. The van der Waals surface area contributed by atoms with Crippen LogP contribution in [0.25, 0.3) is 0 Å². The standard InChI is InChI=1S/C16H16Cl2N2O2/c1-11-10-13(18)4-7-15(11)20-16(21)19-8-9-22-14-5-2-12(17)3-6-14/h2-7,10H,8-9H2,1H3,(H2,19,20,21). The number of halogens is 2. The molecule has 2 aromatic carbocycles. The molecule has 0 fully saturated rings. The Bertz CT molecular complexity index is 645. The van der Waals surface area contributed by atoms with Crippen LogP contribution in [0.4, 0.5) is 10.5 Å². The lowest BCUT2D eigenvalue weighted by atomic mass is 10.2. The minimum Gasteiger partial charge on any atom is -0.492 e. The number of benzene rings is 2. The van der Waals surface area contributed by atoms with Crippen LogP contribution in [0.2, 0.25) is 10.0 Å². The summed E-state index contributed by atoms with van der Waals surface area (Å²) in [6, 6.07) is 12.1. The third kappa shape index (κ3) is 5.13. The minimum atomic E-state index is -0.287. The molecule has 0 heterocycles. The van der Waals surface area contributed by atoms with E-state index in [0.29, 0.717) is 28.9 Å². The lowest BCUT2D eigenvalue weighted by Gasteiger charge is -2.11. The van der Waals surface area contributed by atoms with E-state index >= 15 is 0 Å². The van der Waals surface area contributed by atoms with E-state index in [1.54, 1.807) is 42.5 Å². The molecule has 0 aromatic heterocycles. The zero-order valence-electron chi connectivity index (χ0n) is 12.0. The molecule has 0 spiro atoms. The van der Waals surface area contributed by atoms with E-state index in [0.717, 1.165) is 11.3 Å². The summed E-state index contributed by atoms with van der Waals surface area (Å²) in [4.78, 5) is 11.8. The Balaban J connectivity index is 1.72. The molecule has 2 aromatic rings. The van der Waals surface area contributed by atoms with E-state index in [4.69, 9.17) is 27.9 Å². The van der Waals surface area contributed by atoms with Crippen LogP contribution in [0.3, 0.4) is 0 Å². The van der Waals surface area contributed by atoms with Crippen molar-refractivity contribution in [3.8, 4) is 5.75 Å². The van der Waals surface area contributed by atoms with Crippen molar-refractivity contribution in [3.63, 3.8) is 0 Å². The quantitative estimate of drug-likeness (QED) is 0.788. The molecule has 0 saturated carbocycles. The average molecular weight is 339 g/mol. The second-order valence-electron chi connectivity index (χ2n) is 4.64. The van der Waals surface area contributed by atoms with Crippen molar-refractivity contribution in [1.82, 2.24) is 5.32 Å². The van der Waals surface area contributed by atoms with Gasteiger partial charge in [0.25, 0.3) is 0 Å². The zero-order valence-corrected chi connectivity index (χ0v) is 13.5. The van der Waals surface area contributed by atoms with Gasteiger partial charge in [0, 0.05) is 15.7 Å². The van der Waals surface area contributed by atoms with Crippen LogP contribution in [0.1, 0.15) is 5.56 Å². The monoisotopic (exact) mass is 338 g/mol. The fraction of sp³-hybridized carbons (Fsp3) is 0.188. The molecule has 116 valence electrons. The summed E-state index contributed by atoms with van der Waals surface area (Å²) in [5, 5.41) is 6.78. The largest absolute Gasteiger partial charge is 0.492 e. The molecule has 6 heteroatoms. The Hall–Kier alpha value is -1.91. The summed E-state index contributed by atoms with van der Waals surface area (Å²) >= 11 is 11.7. The van der Waals surface area contributed by atoms with Crippen LogP contribution in [0.15, 0.2) is 42.5 Å². The Kier molecular flexibility index (Phi) is 5.92. The highest BCUT2D eigenvalue weighted by Gasteiger charge is 2.04. The number of urea groups is 1. The van der Waals surface area contributed by atoms with Crippen molar-refractivity contribution in [2.45, 2.75) is 6.92 Å². The normalized spacial score (nSPS) is 10.1. The second-order valence-corrected chi connectivity index (χ2v) is 5.52. The van der Waals surface area contributed by atoms with E-state index in [2.05, 4.69) is 10.6 Å². The first kappa shape index (κ1) is 16.5. The van der Waals surface area contributed by atoms with Gasteiger partial charge in [0.05, 0.1) is 6.54 Å². The number of ether oxygens (including phenoxy) is 1. The van der Waals surface area contributed by atoms with Gasteiger partial charge < -0.3 is 15.4 Å². The van der Waals surface area contributed by atoms with E-state index in [1.165, 1.54) is 0 Å². The molecule has 0 atom stereocenters. The maximum absolute atomic E-state index is 11.8. The third-order valence-electron chi connectivity index (χ3n) is 2.91. The Morgan fingerprint density at radius 2 is 1.77 bits per heavy atom. The van der Waals surface area contributed by atoms with E-state index in [-0.39, 0.29) is 6.03 Å². The number of anilines is 1. The Labute approximate surface area is 139 Å². The van der Waals surface area contributed by atoms with Crippen molar-refractivity contribution in [2.24, 2.45) is 0 Å². The van der Waals surface area contributed by atoms with Gasteiger partial charge >= 0.3 is 6.03 Å². The Morgan fingerprint density at radius 1 is 1.09 bits per heavy atom. The van der Waals surface area contributed by atoms with Gasteiger partial charge in [0.1, 0.15) is 12.4 Å². The number of hydrogen-bond donors (Lipinski definition) is 2. The predicted molar refractivity (Wildman–Crippen MR) is 90.2 cm³/mol. The number of rotatable bonds is 5.